The van der Waals surface area contributed by atoms with Crippen molar-refractivity contribution in [2.75, 3.05) is 12.0 Å². The van der Waals surface area contributed by atoms with Crippen LogP contribution >= 0.6 is 10.8 Å². The molecule has 0 bridgehead atoms. The van der Waals surface area contributed by atoms with E-state index in [2.05, 4.69) is 10.3 Å². The van der Waals surface area contributed by atoms with Crippen LogP contribution in [0, 0.1) is 0 Å². The molecule has 13 heavy (non-hydrogen) atoms. The van der Waals surface area contributed by atoms with Crippen LogP contribution < -0.4 is 11.5 Å². The first kappa shape index (κ1) is 9.84. The highest BCUT2D eigenvalue weighted by molar-refractivity contribution is 8.22. The van der Waals surface area contributed by atoms with E-state index in [4.69, 9.17) is 11.5 Å². The van der Waals surface area contributed by atoms with Crippen molar-refractivity contribution in [2.45, 2.75) is 0 Å². The standard InChI is InChI=1S/C5H11N5O2S/c1-13(11,12)10-5(7)4(2-3-6)8-9-10/h2-3,11-12H,6-7H2,1H3/b3-2-. The van der Waals surface area contributed by atoms with Crippen LogP contribution in [0.25, 0.3) is 6.08 Å². The van der Waals surface area contributed by atoms with Gasteiger partial charge in [0.15, 0.2) is 5.82 Å². The van der Waals surface area contributed by atoms with Gasteiger partial charge in [0.05, 0.1) is 0 Å². The number of anilines is 1. The van der Waals surface area contributed by atoms with E-state index in [1.807, 2.05) is 0 Å². The van der Waals surface area contributed by atoms with Crippen molar-refractivity contribution in [3.05, 3.63) is 11.9 Å². The second kappa shape index (κ2) is 3.24. The zero-order valence-corrected chi connectivity index (χ0v) is 7.77. The number of nitrogen functional groups attached to an aromatic ring is 1. The molecule has 0 aliphatic carbocycles. The fourth-order valence-corrected chi connectivity index (χ4v) is 1.39. The first-order valence-corrected chi connectivity index (χ1v) is 5.21. The summed E-state index contributed by atoms with van der Waals surface area (Å²) < 4.78 is 19.3. The highest BCUT2D eigenvalue weighted by Gasteiger charge is 2.15. The number of rotatable bonds is 2. The summed E-state index contributed by atoms with van der Waals surface area (Å²) in [5.74, 6) is 0.0733. The van der Waals surface area contributed by atoms with Crippen LogP contribution in [0.3, 0.4) is 0 Å². The van der Waals surface area contributed by atoms with Gasteiger partial charge in [0.2, 0.25) is 0 Å². The lowest BCUT2D eigenvalue weighted by atomic mass is 10.4. The van der Waals surface area contributed by atoms with E-state index < -0.39 is 10.8 Å². The summed E-state index contributed by atoms with van der Waals surface area (Å²) in [5, 5.41) is 7.07. The van der Waals surface area contributed by atoms with Crippen LogP contribution in [0.1, 0.15) is 5.69 Å². The Labute approximate surface area is 76.5 Å². The lowest BCUT2D eigenvalue weighted by molar-refractivity contribution is 0.475. The number of aromatic nitrogens is 3. The highest BCUT2D eigenvalue weighted by atomic mass is 32.3. The lowest BCUT2D eigenvalue weighted by Crippen LogP contribution is -2.11. The summed E-state index contributed by atoms with van der Waals surface area (Å²) >= 11 is 0. The van der Waals surface area contributed by atoms with E-state index in [0.717, 1.165) is 4.09 Å². The van der Waals surface area contributed by atoms with Gasteiger partial charge in [-0.1, -0.05) is 10.8 Å². The fourth-order valence-electron chi connectivity index (χ4n) is 0.752. The van der Waals surface area contributed by atoms with Crippen LogP contribution in [0.4, 0.5) is 5.82 Å². The van der Waals surface area contributed by atoms with E-state index in [1.165, 1.54) is 18.5 Å². The Morgan fingerprint density at radius 3 is 2.54 bits per heavy atom. The summed E-state index contributed by atoms with van der Waals surface area (Å²) in [6.07, 6.45) is 3.87. The van der Waals surface area contributed by atoms with Crippen LogP contribution in [0.15, 0.2) is 6.20 Å². The molecule has 0 saturated heterocycles. The minimum atomic E-state index is -2.99. The van der Waals surface area contributed by atoms with Gasteiger partial charge in [-0.25, -0.2) is 0 Å². The third-order valence-electron chi connectivity index (χ3n) is 1.28. The third-order valence-corrected chi connectivity index (χ3v) is 2.21. The van der Waals surface area contributed by atoms with Gasteiger partial charge in [-0.05, 0) is 17.5 Å². The van der Waals surface area contributed by atoms with Crippen molar-refractivity contribution in [1.29, 1.82) is 0 Å². The van der Waals surface area contributed by atoms with Gasteiger partial charge in [-0.2, -0.15) is 0 Å². The molecule has 1 aromatic rings. The van der Waals surface area contributed by atoms with E-state index in [9.17, 15) is 9.11 Å². The average Bonchev–Trinajstić information content (AvgIpc) is 2.32. The first-order chi connectivity index (χ1) is 5.96. The van der Waals surface area contributed by atoms with Gasteiger partial charge in [-0.15, -0.1) is 9.19 Å². The monoisotopic (exact) mass is 205 g/mol. The van der Waals surface area contributed by atoms with Crippen molar-refractivity contribution in [2.24, 2.45) is 5.73 Å². The molecule has 7 nitrogen and oxygen atoms in total. The van der Waals surface area contributed by atoms with Gasteiger partial charge in [0, 0.05) is 6.26 Å². The summed E-state index contributed by atoms with van der Waals surface area (Å²) in [4.78, 5) is 0. The lowest BCUT2D eigenvalue weighted by Gasteiger charge is -2.26. The minimum absolute atomic E-state index is 0.0733. The molecular weight excluding hydrogens is 194 g/mol. The molecule has 1 heterocycles. The summed E-state index contributed by atoms with van der Waals surface area (Å²) in [7, 11) is -2.99. The van der Waals surface area contributed by atoms with Crippen molar-refractivity contribution in [3.8, 4) is 0 Å². The molecule has 0 amide bonds. The van der Waals surface area contributed by atoms with Crippen molar-refractivity contribution < 1.29 is 9.11 Å². The predicted molar refractivity (Wildman–Crippen MR) is 51.8 cm³/mol. The Balaban J connectivity index is 3.14. The summed E-state index contributed by atoms with van der Waals surface area (Å²) in [6.45, 7) is 0. The van der Waals surface area contributed by atoms with E-state index in [0.29, 0.717) is 5.69 Å². The maximum atomic E-state index is 9.22. The molecule has 1 rings (SSSR count). The van der Waals surface area contributed by atoms with Gasteiger partial charge >= 0.3 is 0 Å². The van der Waals surface area contributed by atoms with Gasteiger partial charge < -0.3 is 11.5 Å². The molecule has 0 aromatic carbocycles. The third kappa shape index (κ3) is 1.91. The van der Waals surface area contributed by atoms with Gasteiger partial charge in [0.25, 0.3) is 0 Å². The second-order valence-corrected chi connectivity index (χ2v) is 4.32. The number of nitrogens with two attached hydrogens (primary N) is 2. The average molecular weight is 205 g/mol. The van der Waals surface area contributed by atoms with Gasteiger partial charge in [-0.3, -0.25) is 9.11 Å². The maximum Gasteiger partial charge on any atom is 0.172 e. The molecule has 0 aliphatic heterocycles. The smallest absolute Gasteiger partial charge is 0.172 e. The number of nitrogens with zero attached hydrogens (tertiary/aromatic N) is 3. The number of hydrogen-bond donors (Lipinski definition) is 4. The molecule has 1 aromatic heterocycles. The van der Waals surface area contributed by atoms with Crippen LogP contribution in [0.5, 0.6) is 0 Å². The van der Waals surface area contributed by atoms with E-state index in [-0.39, 0.29) is 5.82 Å². The Hall–Kier alpha value is -1.25. The fraction of sp³-hybridized carbons (Fsp3) is 0.200. The second-order valence-electron chi connectivity index (χ2n) is 2.38. The van der Waals surface area contributed by atoms with Crippen molar-refractivity contribution in [1.82, 2.24) is 14.4 Å². The zero-order chi connectivity index (χ0) is 10.1. The topological polar surface area (TPSA) is 123 Å². The SMILES string of the molecule is CS(O)(O)n1nnc(/C=C\N)c1N. The van der Waals surface area contributed by atoms with E-state index >= 15 is 0 Å². The van der Waals surface area contributed by atoms with Crippen molar-refractivity contribution in [3.63, 3.8) is 0 Å². The number of hydrogen-bond acceptors (Lipinski definition) is 6. The Morgan fingerprint density at radius 2 is 2.15 bits per heavy atom. The molecule has 74 valence electrons. The summed E-state index contributed by atoms with van der Waals surface area (Å²) in [6, 6.07) is 0. The normalized spacial score (nSPS) is 13.8. The van der Waals surface area contributed by atoms with Crippen LogP contribution in [-0.2, 0) is 0 Å². The highest BCUT2D eigenvalue weighted by Crippen LogP contribution is 2.37. The Bertz CT molecular complexity index is 328. The molecule has 0 atom stereocenters. The molecule has 0 saturated carbocycles. The molecule has 0 fully saturated rings. The van der Waals surface area contributed by atoms with E-state index in [1.54, 1.807) is 0 Å². The minimum Gasteiger partial charge on any atom is -0.405 e. The van der Waals surface area contributed by atoms with Crippen LogP contribution in [0.2, 0.25) is 0 Å². The Morgan fingerprint density at radius 1 is 1.54 bits per heavy atom. The van der Waals surface area contributed by atoms with Crippen LogP contribution in [-0.4, -0.2) is 29.8 Å². The largest absolute Gasteiger partial charge is 0.405 e. The quantitative estimate of drug-likeness (QED) is 0.536. The molecule has 0 spiro atoms. The Kier molecular flexibility index (Phi) is 2.45. The molecule has 0 unspecified atom stereocenters. The molecule has 8 heteroatoms. The van der Waals surface area contributed by atoms with Crippen molar-refractivity contribution >= 4 is 22.7 Å². The predicted octanol–water partition coefficient (Wildman–Crippen LogP) is -0.0668. The molecule has 0 radical (unpaired) electrons. The summed E-state index contributed by atoms with van der Waals surface area (Å²) in [5.41, 5.74) is 10.9. The molecule has 0 aliphatic rings. The molecular formula is C5H11N5O2S. The van der Waals surface area contributed by atoms with Gasteiger partial charge in [0.1, 0.15) is 5.69 Å². The first-order valence-electron chi connectivity index (χ1n) is 3.30. The zero-order valence-electron chi connectivity index (χ0n) is 6.95. The maximum absolute atomic E-state index is 9.22. The molecule has 6 N–H and O–H groups in total.